The lowest BCUT2D eigenvalue weighted by molar-refractivity contribution is 0.0786. The minimum absolute atomic E-state index is 0.0603. The first kappa shape index (κ1) is 14.9. The van der Waals surface area contributed by atoms with Crippen LogP contribution in [0.4, 0.5) is 11.4 Å². The van der Waals surface area contributed by atoms with Crippen molar-refractivity contribution in [1.29, 1.82) is 0 Å². The van der Waals surface area contributed by atoms with Crippen LogP contribution >= 0.6 is 0 Å². The number of nitrogens with zero attached hydrogens (tertiary/aromatic N) is 4. The second kappa shape index (κ2) is 5.87. The van der Waals surface area contributed by atoms with Gasteiger partial charge in [-0.1, -0.05) is 0 Å². The van der Waals surface area contributed by atoms with Crippen LogP contribution in [0.25, 0.3) is 0 Å². The van der Waals surface area contributed by atoms with E-state index < -0.39 is 0 Å². The van der Waals surface area contributed by atoms with E-state index in [1.54, 1.807) is 35.0 Å². The number of carbonyl (C=O) groups excluding carboxylic acids is 1. The lowest BCUT2D eigenvalue weighted by Gasteiger charge is -2.22. The van der Waals surface area contributed by atoms with E-state index >= 15 is 0 Å². The first-order valence-corrected chi connectivity index (χ1v) is 6.68. The Labute approximate surface area is 124 Å². The summed E-state index contributed by atoms with van der Waals surface area (Å²) in [7, 11) is 7.44. The Morgan fingerprint density at radius 3 is 2.62 bits per heavy atom. The maximum absolute atomic E-state index is 12.6. The topological polar surface area (TPSA) is 67.4 Å². The van der Waals surface area contributed by atoms with Crippen LogP contribution in [0, 0.1) is 0 Å². The fourth-order valence-corrected chi connectivity index (χ4v) is 2.22. The molecule has 0 aliphatic heterocycles. The van der Waals surface area contributed by atoms with Gasteiger partial charge in [-0.25, -0.2) is 0 Å². The first-order valence-electron chi connectivity index (χ1n) is 6.68. The van der Waals surface area contributed by atoms with Crippen molar-refractivity contribution in [2.75, 3.05) is 31.8 Å². The van der Waals surface area contributed by atoms with Crippen LogP contribution in [0.5, 0.6) is 0 Å². The maximum Gasteiger partial charge on any atom is 0.256 e. The van der Waals surface area contributed by atoms with E-state index in [1.165, 1.54) is 0 Å². The van der Waals surface area contributed by atoms with Crippen molar-refractivity contribution >= 4 is 17.3 Å². The Morgan fingerprint density at radius 1 is 1.33 bits per heavy atom. The molecule has 112 valence electrons. The molecule has 0 unspecified atom stereocenters. The Hall–Kier alpha value is -2.50. The summed E-state index contributed by atoms with van der Waals surface area (Å²) in [6, 6.07) is 5.38. The summed E-state index contributed by atoms with van der Waals surface area (Å²) < 4.78 is 1.72. The Kier molecular flexibility index (Phi) is 4.16. The van der Waals surface area contributed by atoms with E-state index in [-0.39, 0.29) is 5.91 Å². The normalized spacial score (nSPS) is 10.5. The van der Waals surface area contributed by atoms with Gasteiger partial charge in [0, 0.05) is 57.9 Å². The number of nitrogens with two attached hydrogens (primary N) is 1. The first-order chi connectivity index (χ1) is 9.88. The SMILES string of the molecule is CN(Cc1cnn(C)c1)C(=O)c1cc(N)ccc1N(C)C. The average Bonchev–Trinajstić information content (AvgIpc) is 2.82. The molecule has 1 heterocycles. The zero-order valence-corrected chi connectivity index (χ0v) is 12.9. The van der Waals surface area contributed by atoms with Crippen molar-refractivity contribution in [3.63, 3.8) is 0 Å². The number of hydrogen-bond acceptors (Lipinski definition) is 4. The molecular weight excluding hydrogens is 266 g/mol. The molecule has 0 bridgehead atoms. The lowest BCUT2D eigenvalue weighted by atomic mass is 10.1. The van der Waals surface area contributed by atoms with Gasteiger partial charge in [-0.3, -0.25) is 9.48 Å². The summed E-state index contributed by atoms with van der Waals surface area (Å²) in [5, 5.41) is 4.11. The van der Waals surface area contributed by atoms with E-state index in [0.29, 0.717) is 17.8 Å². The second-order valence-corrected chi connectivity index (χ2v) is 5.35. The highest BCUT2D eigenvalue weighted by Crippen LogP contribution is 2.23. The summed E-state index contributed by atoms with van der Waals surface area (Å²) in [6.07, 6.45) is 3.66. The van der Waals surface area contributed by atoms with Crippen molar-refractivity contribution in [1.82, 2.24) is 14.7 Å². The maximum atomic E-state index is 12.6. The van der Waals surface area contributed by atoms with Gasteiger partial charge in [0.05, 0.1) is 11.8 Å². The molecule has 6 heteroatoms. The zero-order valence-electron chi connectivity index (χ0n) is 12.9. The molecule has 0 fully saturated rings. The summed E-state index contributed by atoms with van der Waals surface area (Å²) in [4.78, 5) is 16.2. The molecule has 2 aromatic rings. The summed E-state index contributed by atoms with van der Waals surface area (Å²) in [5.41, 5.74) is 8.85. The molecular formula is C15H21N5O. The van der Waals surface area contributed by atoms with E-state index in [2.05, 4.69) is 5.10 Å². The third-order valence-electron chi connectivity index (χ3n) is 3.26. The highest BCUT2D eigenvalue weighted by molar-refractivity contribution is 6.00. The highest BCUT2D eigenvalue weighted by Gasteiger charge is 2.18. The summed E-state index contributed by atoms with van der Waals surface area (Å²) in [6.45, 7) is 0.508. The molecule has 0 aliphatic carbocycles. The standard InChI is InChI=1S/C15H21N5O/c1-18(2)14-6-5-12(16)7-13(14)15(21)19(3)9-11-8-17-20(4)10-11/h5-8,10H,9,16H2,1-4H3. The molecule has 1 aromatic heterocycles. The van der Waals surface area contributed by atoms with Crippen LogP contribution in [0.2, 0.25) is 0 Å². The van der Waals surface area contributed by atoms with Gasteiger partial charge in [0.25, 0.3) is 5.91 Å². The number of hydrogen-bond donors (Lipinski definition) is 1. The van der Waals surface area contributed by atoms with Crippen LogP contribution in [0.15, 0.2) is 30.6 Å². The van der Waals surface area contributed by atoms with Crippen LogP contribution in [-0.2, 0) is 13.6 Å². The largest absolute Gasteiger partial charge is 0.399 e. The number of nitrogen functional groups attached to an aromatic ring is 1. The molecule has 0 saturated carbocycles. The number of aryl methyl sites for hydroxylation is 1. The van der Waals surface area contributed by atoms with Crippen LogP contribution in [0.1, 0.15) is 15.9 Å². The van der Waals surface area contributed by atoms with Crippen molar-refractivity contribution in [2.24, 2.45) is 7.05 Å². The Balaban J connectivity index is 2.24. The number of carbonyl (C=O) groups is 1. The molecule has 0 saturated heterocycles. The Bertz CT molecular complexity index is 647. The molecule has 6 nitrogen and oxygen atoms in total. The van der Waals surface area contributed by atoms with E-state index in [1.807, 2.05) is 38.3 Å². The number of rotatable bonds is 4. The predicted molar refractivity (Wildman–Crippen MR) is 84.2 cm³/mol. The zero-order chi connectivity index (χ0) is 15.6. The fraction of sp³-hybridized carbons (Fsp3) is 0.333. The third-order valence-corrected chi connectivity index (χ3v) is 3.26. The van der Waals surface area contributed by atoms with E-state index in [0.717, 1.165) is 11.3 Å². The monoisotopic (exact) mass is 287 g/mol. The number of benzene rings is 1. The lowest BCUT2D eigenvalue weighted by Crippen LogP contribution is -2.28. The molecule has 0 spiro atoms. The average molecular weight is 287 g/mol. The highest BCUT2D eigenvalue weighted by atomic mass is 16.2. The van der Waals surface area contributed by atoms with Crippen LogP contribution in [-0.4, -0.2) is 41.7 Å². The molecule has 2 rings (SSSR count). The quantitative estimate of drug-likeness (QED) is 0.862. The van der Waals surface area contributed by atoms with Crippen molar-refractivity contribution < 1.29 is 4.79 Å². The summed E-state index contributed by atoms with van der Waals surface area (Å²) >= 11 is 0. The molecule has 0 radical (unpaired) electrons. The molecule has 1 amide bonds. The van der Waals surface area contributed by atoms with Gasteiger partial charge in [0.2, 0.25) is 0 Å². The smallest absolute Gasteiger partial charge is 0.256 e. The van der Waals surface area contributed by atoms with Gasteiger partial charge in [-0.2, -0.15) is 5.10 Å². The van der Waals surface area contributed by atoms with Crippen LogP contribution < -0.4 is 10.6 Å². The van der Waals surface area contributed by atoms with Crippen molar-refractivity contribution in [3.8, 4) is 0 Å². The van der Waals surface area contributed by atoms with E-state index in [4.69, 9.17) is 5.73 Å². The van der Waals surface area contributed by atoms with Crippen LogP contribution in [0.3, 0.4) is 0 Å². The van der Waals surface area contributed by atoms with E-state index in [9.17, 15) is 4.79 Å². The number of amides is 1. The number of aromatic nitrogens is 2. The molecule has 2 N–H and O–H groups in total. The van der Waals surface area contributed by atoms with Gasteiger partial charge < -0.3 is 15.5 Å². The third kappa shape index (κ3) is 3.34. The second-order valence-electron chi connectivity index (χ2n) is 5.35. The predicted octanol–water partition coefficient (Wildman–Crippen LogP) is 1.34. The van der Waals surface area contributed by atoms with Gasteiger partial charge in [0.1, 0.15) is 0 Å². The minimum Gasteiger partial charge on any atom is -0.399 e. The Morgan fingerprint density at radius 2 is 2.05 bits per heavy atom. The van der Waals surface area contributed by atoms with Gasteiger partial charge >= 0.3 is 0 Å². The van der Waals surface area contributed by atoms with Gasteiger partial charge in [-0.05, 0) is 18.2 Å². The van der Waals surface area contributed by atoms with Crippen molar-refractivity contribution in [2.45, 2.75) is 6.54 Å². The molecule has 21 heavy (non-hydrogen) atoms. The molecule has 0 aliphatic rings. The van der Waals surface area contributed by atoms with Crippen molar-refractivity contribution in [3.05, 3.63) is 41.7 Å². The number of anilines is 2. The van der Waals surface area contributed by atoms with Gasteiger partial charge in [0.15, 0.2) is 0 Å². The molecule has 0 atom stereocenters. The minimum atomic E-state index is -0.0603. The fourth-order valence-electron chi connectivity index (χ4n) is 2.22. The summed E-state index contributed by atoms with van der Waals surface area (Å²) in [5.74, 6) is -0.0603. The van der Waals surface area contributed by atoms with Gasteiger partial charge in [-0.15, -0.1) is 0 Å². The molecule has 1 aromatic carbocycles.